The molecule has 0 aliphatic heterocycles. The van der Waals surface area contributed by atoms with E-state index in [-0.39, 0.29) is 25.7 Å². The predicted molar refractivity (Wildman–Crippen MR) is 74.1 cm³/mol. The lowest BCUT2D eigenvalue weighted by molar-refractivity contribution is -0.123. The van der Waals surface area contributed by atoms with Crippen LogP contribution in [0.25, 0.3) is 0 Å². The van der Waals surface area contributed by atoms with Crippen molar-refractivity contribution in [1.82, 2.24) is 10.6 Å². The summed E-state index contributed by atoms with van der Waals surface area (Å²) >= 11 is 0. The van der Waals surface area contributed by atoms with Crippen molar-refractivity contribution in [2.45, 2.75) is 18.9 Å². The second-order valence-corrected chi connectivity index (χ2v) is 4.55. The molecule has 0 fully saturated rings. The number of aliphatic hydroxyl groups is 2. The third-order valence-electron chi connectivity index (χ3n) is 3.13. The number of aliphatic hydroxyl groups excluding tert-OH is 2. The summed E-state index contributed by atoms with van der Waals surface area (Å²) in [7, 11) is 0. The molecule has 0 atom stereocenters. The maximum absolute atomic E-state index is 11.7. The summed E-state index contributed by atoms with van der Waals surface area (Å²) in [5.74, 6) is -0.810. The van der Waals surface area contributed by atoms with Gasteiger partial charge in [-0.3, -0.25) is 9.59 Å². The number of hydrogen-bond donors (Lipinski definition) is 4. The van der Waals surface area contributed by atoms with Crippen LogP contribution in [0.15, 0.2) is 30.3 Å². The predicted octanol–water partition coefficient (Wildman–Crippen LogP) is -0.334. The van der Waals surface area contributed by atoms with Gasteiger partial charge < -0.3 is 20.8 Å². The molecule has 4 N–H and O–H groups in total. The van der Waals surface area contributed by atoms with Gasteiger partial charge in [0.05, 0.1) is 25.3 Å². The first-order valence-corrected chi connectivity index (χ1v) is 6.43. The number of benzene rings is 1. The molecule has 0 spiro atoms. The largest absolute Gasteiger partial charge is 0.394 e. The molecule has 0 bridgehead atoms. The molecule has 0 aliphatic rings. The van der Waals surface area contributed by atoms with Crippen molar-refractivity contribution in [2.75, 3.05) is 19.8 Å². The zero-order valence-electron chi connectivity index (χ0n) is 11.4. The number of carbonyl (C=O) groups excluding carboxylic acids is 2. The zero-order valence-corrected chi connectivity index (χ0v) is 11.4. The summed E-state index contributed by atoms with van der Waals surface area (Å²) < 4.78 is 0. The molecule has 1 aromatic carbocycles. The van der Waals surface area contributed by atoms with Crippen LogP contribution in [0.3, 0.4) is 0 Å². The van der Waals surface area contributed by atoms with Gasteiger partial charge in [-0.05, 0) is 18.6 Å². The van der Waals surface area contributed by atoms with Gasteiger partial charge in [0.15, 0.2) is 0 Å². The molecule has 0 saturated heterocycles. The van der Waals surface area contributed by atoms with Crippen molar-refractivity contribution in [2.24, 2.45) is 0 Å². The average molecular weight is 280 g/mol. The molecule has 1 rings (SSSR count). The van der Waals surface area contributed by atoms with Crippen molar-refractivity contribution in [3.8, 4) is 0 Å². The Labute approximate surface area is 117 Å². The van der Waals surface area contributed by atoms with Gasteiger partial charge in [0.25, 0.3) is 5.91 Å². The van der Waals surface area contributed by atoms with Crippen molar-refractivity contribution >= 4 is 11.8 Å². The normalized spacial score (nSPS) is 10.9. The van der Waals surface area contributed by atoms with Crippen LogP contribution >= 0.6 is 0 Å². The fourth-order valence-corrected chi connectivity index (χ4v) is 1.63. The first-order chi connectivity index (χ1) is 9.56. The first kappa shape index (κ1) is 16.1. The van der Waals surface area contributed by atoms with Crippen molar-refractivity contribution in [3.05, 3.63) is 35.9 Å². The van der Waals surface area contributed by atoms with Gasteiger partial charge in [0.2, 0.25) is 5.91 Å². The minimum atomic E-state index is -1.05. The second kappa shape index (κ2) is 7.62. The lowest BCUT2D eigenvalue weighted by Crippen LogP contribution is -2.55. The monoisotopic (exact) mass is 280 g/mol. The fourth-order valence-electron chi connectivity index (χ4n) is 1.63. The highest BCUT2D eigenvalue weighted by molar-refractivity contribution is 5.96. The van der Waals surface area contributed by atoms with Crippen molar-refractivity contribution in [3.63, 3.8) is 0 Å². The molecule has 1 aromatic rings. The quantitative estimate of drug-likeness (QED) is 0.549. The molecule has 6 nitrogen and oxygen atoms in total. The van der Waals surface area contributed by atoms with Crippen LogP contribution in [0, 0.1) is 0 Å². The highest BCUT2D eigenvalue weighted by atomic mass is 16.3. The van der Waals surface area contributed by atoms with E-state index in [1.807, 2.05) is 0 Å². The number of carbonyl (C=O) groups is 2. The van der Waals surface area contributed by atoms with Gasteiger partial charge in [-0.15, -0.1) is 0 Å². The van der Waals surface area contributed by atoms with Gasteiger partial charge in [-0.25, -0.2) is 0 Å². The van der Waals surface area contributed by atoms with E-state index in [4.69, 9.17) is 0 Å². The molecule has 110 valence electrons. The Bertz CT molecular complexity index is 435. The van der Waals surface area contributed by atoms with Crippen molar-refractivity contribution < 1.29 is 19.8 Å². The molecule has 0 unspecified atom stereocenters. The molecule has 20 heavy (non-hydrogen) atoms. The summed E-state index contributed by atoms with van der Waals surface area (Å²) in [5.41, 5.74) is -0.583. The zero-order chi connectivity index (χ0) is 15.0. The molecule has 6 heteroatoms. The van der Waals surface area contributed by atoms with Crippen LogP contribution in [-0.4, -0.2) is 47.3 Å². The van der Waals surface area contributed by atoms with Gasteiger partial charge in [-0.2, -0.15) is 0 Å². The van der Waals surface area contributed by atoms with Crippen LogP contribution in [0.5, 0.6) is 0 Å². The Morgan fingerprint density at radius 3 is 2.25 bits per heavy atom. The fraction of sp³-hybridized carbons (Fsp3) is 0.429. The minimum Gasteiger partial charge on any atom is -0.394 e. The first-order valence-electron chi connectivity index (χ1n) is 6.43. The van der Waals surface area contributed by atoms with Crippen LogP contribution in [0.4, 0.5) is 0 Å². The summed E-state index contributed by atoms with van der Waals surface area (Å²) in [5, 5.41) is 23.4. The highest BCUT2D eigenvalue weighted by Gasteiger charge is 2.28. The Morgan fingerprint density at radius 1 is 1.15 bits per heavy atom. The summed E-state index contributed by atoms with van der Waals surface area (Å²) in [6.07, 6.45) is 0.387. The molecule has 0 heterocycles. The Balaban J connectivity index is 2.50. The van der Waals surface area contributed by atoms with E-state index < -0.39 is 11.4 Å². The number of nitrogens with one attached hydrogen (secondary N) is 2. The Hall–Kier alpha value is -1.92. The average Bonchev–Trinajstić information content (AvgIpc) is 2.51. The van der Waals surface area contributed by atoms with E-state index in [1.54, 1.807) is 37.3 Å². The molecular weight excluding hydrogens is 260 g/mol. The van der Waals surface area contributed by atoms with E-state index in [0.717, 1.165) is 0 Å². The topological polar surface area (TPSA) is 98.7 Å². The number of hydrogen-bond acceptors (Lipinski definition) is 4. The summed E-state index contributed by atoms with van der Waals surface area (Å²) in [6, 6.07) is 8.54. The van der Waals surface area contributed by atoms with Gasteiger partial charge in [0.1, 0.15) is 0 Å². The molecule has 0 aliphatic carbocycles. The van der Waals surface area contributed by atoms with E-state index >= 15 is 0 Å². The van der Waals surface area contributed by atoms with Gasteiger partial charge in [-0.1, -0.05) is 25.1 Å². The Kier molecular flexibility index (Phi) is 6.14. The summed E-state index contributed by atoms with van der Waals surface area (Å²) in [4.78, 5) is 23.5. The van der Waals surface area contributed by atoms with E-state index in [0.29, 0.717) is 12.0 Å². The number of rotatable bonds is 7. The highest BCUT2D eigenvalue weighted by Crippen LogP contribution is 2.07. The molecule has 0 aromatic heterocycles. The third-order valence-corrected chi connectivity index (χ3v) is 3.13. The summed E-state index contributed by atoms with van der Waals surface area (Å²) in [6.45, 7) is 0.807. The second-order valence-electron chi connectivity index (χ2n) is 4.55. The van der Waals surface area contributed by atoms with Crippen molar-refractivity contribution in [1.29, 1.82) is 0 Å². The lowest BCUT2D eigenvalue weighted by Gasteiger charge is -2.29. The minimum absolute atomic E-state index is 0.213. The molecular formula is C14H20N2O4. The van der Waals surface area contributed by atoms with Gasteiger partial charge >= 0.3 is 0 Å². The Morgan fingerprint density at radius 2 is 1.75 bits per heavy atom. The smallest absolute Gasteiger partial charge is 0.251 e. The van der Waals surface area contributed by atoms with Crippen LogP contribution in [0.1, 0.15) is 23.7 Å². The van der Waals surface area contributed by atoms with Crippen LogP contribution in [0.2, 0.25) is 0 Å². The molecule has 2 amide bonds. The van der Waals surface area contributed by atoms with E-state index in [1.165, 1.54) is 0 Å². The lowest BCUT2D eigenvalue weighted by atomic mass is 9.98. The third kappa shape index (κ3) is 4.32. The maximum atomic E-state index is 11.7. The van der Waals surface area contributed by atoms with Crippen LogP contribution in [-0.2, 0) is 4.79 Å². The SMILES string of the molecule is CCC(CO)(CO)NC(=O)CNC(=O)c1ccccc1. The van der Waals surface area contributed by atoms with E-state index in [2.05, 4.69) is 10.6 Å². The number of amides is 2. The van der Waals surface area contributed by atoms with Crippen LogP contribution < -0.4 is 10.6 Å². The molecule has 0 radical (unpaired) electrons. The van der Waals surface area contributed by atoms with E-state index in [9.17, 15) is 19.8 Å². The maximum Gasteiger partial charge on any atom is 0.251 e. The standard InChI is InChI=1S/C14H20N2O4/c1-2-14(9-17,10-18)16-12(19)8-15-13(20)11-6-4-3-5-7-11/h3-7,17-18H,2,8-10H2,1H3,(H,15,20)(H,16,19). The van der Waals surface area contributed by atoms with Gasteiger partial charge in [0, 0.05) is 5.56 Å². The molecule has 0 saturated carbocycles.